The molecule has 0 bridgehead atoms. The number of ether oxygens (including phenoxy) is 1. The van der Waals surface area contributed by atoms with E-state index < -0.39 is 17.3 Å². The minimum atomic E-state index is -0.886. The van der Waals surface area contributed by atoms with E-state index in [1.807, 2.05) is 61.0 Å². The first kappa shape index (κ1) is 21.8. The van der Waals surface area contributed by atoms with Crippen LogP contribution in [0.25, 0.3) is 22.1 Å². The summed E-state index contributed by atoms with van der Waals surface area (Å²) in [5.74, 6) is -0.822. The third-order valence-corrected chi connectivity index (χ3v) is 6.47. The number of fused-ring (bicyclic) bond motifs is 3. The summed E-state index contributed by atoms with van der Waals surface area (Å²) in [6.45, 7) is 1.90. The van der Waals surface area contributed by atoms with Gasteiger partial charge in [-0.2, -0.15) is 0 Å². The number of rotatable bonds is 7. The van der Waals surface area contributed by atoms with Crippen molar-refractivity contribution in [2.45, 2.75) is 29.8 Å². The van der Waals surface area contributed by atoms with Gasteiger partial charge in [-0.3, -0.25) is 4.79 Å². The molecule has 1 amide bonds. The summed E-state index contributed by atoms with van der Waals surface area (Å²) in [6, 6.07) is 16.0. The van der Waals surface area contributed by atoms with Crippen LogP contribution in [0.1, 0.15) is 24.9 Å². The number of nitrogens with zero attached hydrogens (tertiary/aromatic N) is 4. The molecule has 0 saturated carbocycles. The minimum Gasteiger partial charge on any atom is -0.467 e. The van der Waals surface area contributed by atoms with Crippen molar-refractivity contribution >= 4 is 45.7 Å². The third kappa shape index (κ3) is 4.16. The van der Waals surface area contributed by atoms with Crippen molar-refractivity contribution in [3.63, 3.8) is 0 Å². The Morgan fingerprint density at radius 1 is 1.09 bits per heavy atom. The molecule has 2 heterocycles. The van der Waals surface area contributed by atoms with Crippen LogP contribution < -0.4 is 5.32 Å². The number of benzene rings is 2. The Balaban J connectivity index is 1.57. The van der Waals surface area contributed by atoms with Crippen molar-refractivity contribution in [3.8, 4) is 0 Å². The number of carbonyl (C=O) groups is 2. The molecule has 1 N–H and O–H groups in total. The summed E-state index contributed by atoms with van der Waals surface area (Å²) in [6.07, 6.45) is 0.524. The van der Waals surface area contributed by atoms with Crippen LogP contribution in [0.2, 0.25) is 0 Å². The molecule has 2 atom stereocenters. The number of aryl methyl sites for hydroxylation is 1. The number of amides is 1. The van der Waals surface area contributed by atoms with Crippen LogP contribution in [0.3, 0.4) is 0 Å². The average Bonchev–Trinajstić information content (AvgIpc) is 3.12. The van der Waals surface area contributed by atoms with E-state index in [0.29, 0.717) is 22.8 Å². The largest absolute Gasteiger partial charge is 0.467 e. The Hall–Kier alpha value is -3.46. The van der Waals surface area contributed by atoms with Crippen LogP contribution in [0.5, 0.6) is 0 Å². The summed E-state index contributed by atoms with van der Waals surface area (Å²) in [4.78, 5) is 30.0. The molecule has 9 heteroatoms. The van der Waals surface area contributed by atoms with E-state index in [-0.39, 0.29) is 5.91 Å². The van der Waals surface area contributed by atoms with Crippen LogP contribution in [0, 0.1) is 0 Å². The molecule has 0 spiro atoms. The zero-order chi connectivity index (χ0) is 22.7. The zero-order valence-electron chi connectivity index (χ0n) is 18.0. The SMILES string of the molecule is CC[C@H](Sc1nnc2c3ccccc3n(C)c2n1)C(=O)N[C@H](C(=O)OC)c1ccccc1. The second-order valence-electron chi connectivity index (χ2n) is 7.23. The minimum absolute atomic E-state index is 0.294. The van der Waals surface area contributed by atoms with E-state index in [9.17, 15) is 9.59 Å². The van der Waals surface area contributed by atoms with Crippen LogP contribution >= 0.6 is 11.8 Å². The first-order valence-electron chi connectivity index (χ1n) is 10.2. The summed E-state index contributed by atoms with van der Waals surface area (Å²) >= 11 is 1.22. The van der Waals surface area contributed by atoms with Crippen LogP contribution in [-0.4, -0.2) is 44.0 Å². The molecule has 32 heavy (non-hydrogen) atoms. The maximum absolute atomic E-state index is 13.0. The molecule has 0 aliphatic carbocycles. The predicted molar refractivity (Wildman–Crippen MR) is 123 cm³/mol. The van der Waals surface area contributed by atoms with Crippen LogP contribution in [-0.2, 0) is 21.4 Å². The van der Waals surface area contributed by atoms with Crippen LogP contribution in [0.15, 0.2) is 59.8 Å². The van der Waals surface area contributed by atoms with Gasteiger partial charge in [0.15, 0.2) is 11.7 Å². The van der Waals surface area contributed by atoms with Crippen molar-refractivity contribution in [3.05, 3.63) is 60.2 Å². The second-order valence-corrected chi connectivity index (χ2v) is 8.40. The Kier molecular flexibility index (Phi) is 6.36. The van der Waals surface area contributed by atoms with Crippen molar-refractivity contribution in [2.75, 3.05) is 7.11 Å². The summed E-state index contributed by atoms with van der Waals surface area (Å²) < 4.78 is 6.86. The van der Waals surface area contributed by atoms with E-state index in [4.69, 9.17) is 4.74 Å². The lowest BCUT2D eigenvalue weighted by Crippen LogP contribution is -2.39. The van der Waals surface area contributed by atoms with Gasteiger partial charge in [0.2, 0.25) is 11.1 Å². The number of carbonyl (C=O) groups excluding carboxylic acids is 2. The molecular formula is C23H23N5O3S. The Morgan fingerprint density at radius 3 is 2.53 bits per heavy atom. The Bertz CT molecular complexity index is 1270. The van der Waals surface area contributed by atoms with Crippen LogP contribution in [0.4, 0.5) is 0 Å². The highest BCUT2D eigenvalue weighted by Gasteiger charge is 2.28. The highest BCUT2D eigenvalue weighted by molar-refractivity contribution is 8.00. The molecule has 164 valence electrons. The number of methoxy groups -OCH3 is 1. The standard InChI is InChI=1S/C23H23N5O3S/c1-4-17(21(29)24-18(22(30)31-3)14-10-6-5-7-11-14)32-23-25-20-19(26-27-23)15-12-8-9-13-16(15)28(20)2/h5-13,17-18H,4H2,1-3H3,(H,24,29)/t17-,18-/m0/s1. The van der Waals surface area contributed by atoms with E-state index in [1.165, 1.54) is 18.9 Å². The molecule has 4 rings (SSSR count). The van der Waals surface area contributed by atoms with Gasteiger partial charge in [-0.25, -0.2) is 9.78 Å². The first-order chi connectivity index (χ1) is 15.5. The van der Waals surface area contributed by atoms with Gasteiger partial charge in [0.25, 0.3) is 0 Å². The van der Waals surface area contributed by atoms with Gasteiger partial charge in [-0.15, -0.1) is 10.2 Å². The molecule has 0 aliphatic rings. The molecule has 2 aromatic heterocycles. The number of hydrogen-bond donors (Lipinski definition) is 1. The van der Waals surface area contributed by atoms with Gasteiger partial charge in [0, 0.05) is 12.4 Å². The predicted octanol–water partition coefficient (Wildman–Crippen LogP) is 3.42. The molecule has 0 unspecified atom stereocenters. The van der Waals surface area contributed by atoms with Gasteiger partial charge in [-0.05, 0) is 18.1 Å². The highest BCUT2D eigenvalue weighted by Crippen LogP contribution is 2.28. The molecule has 2 aromatic carbocycles. The van der Waals surface area contributed by atoms with Gasteiger partial charge in [0.05, 0.1) is 17.9 Å². The lowest BCUT2D eigenvalue weighted by molar-refractivity contribution is -0.145. The van der Waals surface area contributed by atoms with E-state index in [0.717, 1.165) is 16.4 Å². The number of para-hydroxylation sites is 1. The maximum atomic E-state index is 13.0. The number of esters is 1. The number of nitrogens with one attached hydrogen (secondary N) is 1. The molecule has 0 saturated heterocycles. The Morgan fingerprint density at radius 2 is 1.81 bits per heavy atom. The molecule has 0 radical (unpaired) electrons. The zero-order valence-corrected chi connectivity index (χ0v) is 18.8. The van der Waals surface area contributed by atoms with Crippen molar-refractivity contribution in [1.82, 2.24) is 25.1 Å². The molecule has 0 aliphatic heterocycles. The molecule has 8 nitrogen and oxygen atoms in total. The molecule has 0 fully saturated rings. The van der Waals surface area contributed by atoms with Crippen molar-refractivity contribution in [2.24, 2.45) is 7.05 Å². The lowest BCUT2D eigenvalue weighted by atomic mass is 10.1. The molecule has 4 aromatic rings. The van der Waals surface area contributed by atoms with E-state index in [2.05, 4.69) is 20.5 Å². The average molecular weight is 450 g/mol. The van der Waals surface area contributed by atoms with Gasteiger partial charge in [0.1, 0.15) is 5.52 Å². The lowest BCUT2D eigenvalue weighted by Gasteiger charge is -2.20. The fraction of sp³-hybridized carbons (Fsp3) is 0.261. The second kappa shape index (κ2) is 9.35. The van der Waals surface area contributed by atoms with E-state index >= 15 is 0 Å². The summed E-state index contributed by atoms with van der Waals surface area (Å²) in [7, 11) is 3.23. The highest BCUT2D eigenvalue weighted by atomic mass is 32.2. The maximum Gasteiger partial charge on any atom is 0.333 e. The molecular weight excluding hydrogens is 426 g/mol. The topological polar surface area (TPSA) is 99.0 Å². The fourth-order valence-electron chi connectivity index (χ4n) is 3.57. The fourth-order valence-corrected chi connectivity index (χ4v) is 4.39. The van der Waals surface area contributed by atoms with E-state index in [1.54, 1.807) is 12.1 Å². The van der Waals surface area contributed by atoms with Crippen molar-refractivity contribution in [1.29, 1.82) is 0 Å². The normalized spacial score (nSPS) is 13.1. The number of hydrogen-bond acceptors (Lipinski definition) is 7. The van der Waals surface area contributed by atoms with Gasteiger partial charge >= 0.3 is 5.97 Å². The smallest absolute Gasteiger partial charge is 0.333 e. The summed E-state index contributed by atoms with van der Waals surface area (Å²) in [5.41, 5.74) is 3.10. The van der Waals surface area contributed by atoms with Gasteiger partial charge < -0.3 is 14.6 Å². The Labute approximate surface area is 189 Å². The van der Waals surface area contributed by atoms with Crippen molar-refractivity contribution < 1.29 is 14.3 Å². The number of thioether (sulfide) groups is 1. The summed E-state index contributed by atoms with van der Waals surface area (Å²) in [5, 5.41) is 12.3. The monoisotopic (exact) mass is 449 g/mol. The number of aromatic nitrogens is 4. The quantitative estimate of drug-likeness (QED) is 0.341. The third-order valence-electron chi connectivity index (χ3n) is 5.25. The van der Waals surface area contributed by atoms with Gasteiger partial charge in [-0.1, -0.05) is 67.2 Å². The first-order valence-corrected chi connectivity index (χ1v) is 11.1.